The maximum atomic E-state index is 10.6. The highest BCUT2D eigenvalue weighted by Gasteiger charge is 2.38. The molecular formula is C23H24N4O3. The van der Waals surface area contributed by atoms with Crippen LogP contribution in [0.25, 0.3) is 22.4 Å². The fraction of sp³-hybridized carbons (Fsp3) is 0.348. The van der Waals surface area contributed by atoms with Crippen LogP contribution in [0.15, 0.2) is 48.9 Å². The molecule has 7 nitrogen and oxygen atoms in total. The fourth-order valence-corrected chi connectivity index (χ4v) is 4.52. The van der Waals surface area contributed by atoms with Gasteiger partial charge in [-0.1, -0.05) is 6.07 Å². The molecule has 154 valence electrons. The summed E-state index contributed by atoms with van der Waals surface area (Å²) >= 11 is 0. The molecule has 1 aromatic carbocycles. The summed E-state index contributed by atoms with van der Waals surface area (Å²) in [6.07, 6.45) is 7.33. The average molecular weight is 404 g/mol. The summed E-state index contributed by atoms with van der Waals surface area (Å²) in [4.78, 5) is 13.0. The zero-order valence-corrected chi connectivity index (χ0v) is 16.8. The van der Waals surface area contributed by atoms with Crippen LogP contribution in [-0.2, 0) is 0 Å². The van der Waals surface area contributed by atoms with E-state index in [1.54, 1.807) is 31.8 Å². The Labute approximate surface area is 175 Å². The number of pyridine rings is 1. The number of hydrogen-bond acceptors (Lipinski definition) is 7. The maximum Gasteiger partial charge on any atom is 0.232 e. The molecule has 1 saturated carbocycles. The van der Waals surface area contributed by atoms with E-state index in [4.69, 9.17) is 9.47 Å². The fourth-order valence-electron chi connectivity index (χ4n) is 4.52. The van der Waals surface area contributed by atoms with Gasteiger partial charge in [0.1, 0.15) is 11.9 Å². The highest BCUT2D eigenvalue weighted by atomic mass is 16.5. The second-order valence-corrected chi connectivity index (χ2v) is 7.95. The monoisotopic (exact) mass is 404 g/mol. The van der Waals surface area contributed by atoms with Crippen LogP contribution >= 0.6 is 0 Å². The lowest BCUT2D eigenvalue weighted by Crippen LogP contribution is -2.19. The van der Waals surface area contributed by atoms with E-state index in [1.807, 2.05) is 24.3 Å². The van der Waals surface area contributed by atoms with Gasteiger partial charge in [0.25, 0.3) is 0 Å². The lowest BCUT2D eigenvalue weighted by atomic mass is 10.0. The minimum absolute atomic E-state index is 0.141. The van der Waals surface area contributed by atoms with Gasteiger partial charge in [-0.25, -0.2) is 15.0 Å². The number of ether oxygens (including phenoxy) is 2. The van der Waals surface area contributed by atoms with Crippen LogP contribution in [0.5, 0.6) is 17.5 Å². The summed E-state index contributed by atoms with van der Waals surface area (Å²) in [6.45, 7) is 2.19. The van der Waals surface area contributed by atoms with Gasteiger partial charge in [0.15, 0.2) is 0 Å². The largest absolute Gasteiger partial charge is 0.507 e. The average Bonchev–Trinajstić information content (AvgIpc) is 3.36. The number of benzene rings is 1. The van der Waals surface area contributed by atoms with Crippen LogP contribution in [0.1, 0.15) is 12.8 Å². The molecule has 0 bridgehead atoms. The van der Waals surface area contributed by atoms with E-state index in [2.05, 4.69) is 20.3 Å². The summed E-state index contributed by atoms with van der Waals surface area (Å²) < 4.78 is 11.2. The molecule has 2 fully saturated rings. The quantitative estimate of drug-likeness (QED) is 0.674. The second kappa shape index (κ2) is 7.91. The molecule has 0 spiro atoms. The highest BCUT2D eigenvalue weighted by Crippen LogP contribution is 2.37. The van der Waals surface area contributed by atoms with Crippen LogP contribution in [0.2, 0.25) is 0 Å². The molecular weight excluding hydrogens is 380 g/mol. The summed E-state index contributed by atoms with van der Waals surface area (Å²) in [6, 6.07) is 9.18. The molecule has 1 aliphatic carbocycles. The number of fused-ring (bicyclic) bond motifs is 1. The van der Waals surface area contributed by atoms with Crippen molar-refractivity contribution in [2.24, 2.45) is 11.8 Å². The Morgan fingerprint density at radius 2 is 1.73 bits per heavy atom. The van der Waals surface area contributed by atoms with Gasteiger partial charge in [-0.2, -0.15) is 0 Å². The maximum absolute atomic E-state index is 10.6. The van der Waals surface area contributed by atoms with Crippen LogP contribution in [0, 0.1) is 11.8 Å². The first-order chi connectivity index (χ1) is 14.7. The molecule has 2 aromatic heterocycles. The topological polar surface area (TPSA) is 89.4 Å². The number of aromatic nitrogens is 3. The summed E-state index contributed by atoms with van der Waals surface area (Å²) in [5.74, 6) is 2.65. The van der Waals surface area contributed by atoms with Crippen molar-refractivity contribution >= 4 is 0 Å². The lowest BCUT2D eigenvalue weighted by molar-refractivity contribution is 0.190. The van der Waals surface area contributed by atoms with E-state index in [9.17, 15) is 5.11 Å². The molecule has 3 heterocycles. The van der Waals surface area contributed by atoms with Gasteiger partial charge in [-0.3, -0.25) is 0 Å². The Bertz CT molecular complexity index is 1030. The van der Waals surface area contributed by atoms with Crippen molar-refractivity contribution in [3.05, 3.63) is 48.9 Å². The predicted molar refractivity (Wildman–Crippen MR) is 112 cm³/mol. The van der Waals surface area contributed by atoms with Gasteiger partial charge in [-0.05, 0) is 67.1 Å². The Morgan fingerprint density at radius 3 is 2.43 bits per heavy atom. The van der Waals surface area contributed by atoms with Crippen molar-refractivity contribution in [1.29, 1.82) is 0 Å². The van der Waals surface area contributed by atoms with E-state index >= 15 is 0 Å². The van der Waals surface area contributed by atoms with E-state index in [-0.39, 0.29) is 11.9 Å². The highest BCUT2D eigenvalue weighted by molar-refractivity contribution is 5.74. The molecule has 2 atom stereocenters. The third-order valence-electron chi connectivity index (χ3n) is 6.08. The zero-order chi connectivity index (χ0) is 20.5. The predicted octanol–water partition coefficient (Wildman–Crippen LogP) is 3.30. The number of phenolic OH excluding ortho intramolecular Hbond substituents is 1. The molecule has 1 saturated heterocycles. The minimum atomic E-state index is 0.141. The van der Waals surface area contributed by atoms with Crippen LogP contribution in [0.3, 0.4) is 0 Å². The van der Waals surface area contributed by atoms with Gasteiger partial charge >= 0.3 is 0 Å². The number of nitrogens with zero attached hydrogens (tertiary/aromatic N) is 3. The Morgan fingerprint density at radius 1 is 0.933 bits per heavy atom. The van der Waals surface area contributed by atoms with Crippen molar-refractivity contribution in [3.63, 3.8) is 0 Å². The first-order valence-electron chi connectivity index (χ1n) is 10.2. The molecule has 2 aliphatic rings. The van der Waals surface area contributed by atoms with Crippen LogP contribution in [-0.4, -0.2) is 46.4 Å². The van der Waals surface area contributed by atoms with Crippen molar-refractivity contribution in [2.45, 2.75) is 18.9 Å². The van der Waals surface area contributed by atoms with Gasteiger partial charge in [0.2, 0.25) is 11.8 Å². The van der Waals surface area contributed by atoms with E-state index in [1.165, 1.54) is 0 Å². The first kappa shape index (κ1) is 18.8. The molecule has 30 heavy (non-hydrogen) atoms. The number of methoxy groups -OCH3 is 1. The zero-order valence-electron chi connectivity index (χ0n) is 16.8. The van der Waals surface area contributed by atoms with Gasteiger partial charge < -0.3 is 19.9 Å². The lowest BCUT2D eigenvalue weighted by Gasteiger charge is -2.14. The number of aromatic hydroxyl groups is 1. The Balaban J connectivity index is 1.30. The van der Waals surface area contributed by atoms with E-state index in [0.717, 1.165) is 48.9 Å². The number of nitrogens with one attached hydrogen (secondary N) is 1. The van der Waals surface area contributed by atoms with Gasteiger partial charge in [-0.15, -0.1) is 0 Å². The Hall–Kier alpha value is -3.19. The summed E-state index contributed by atoms with van der Waals surface area (Å²) in [5.41, 5.74) is 3.01. The van der Waals surface area contributed by atoms with E-state index in [0.29, 0.717) is 23.0 Å². The third-order valence-corrected chi connectivity index (χ3v) is 6.08. The molecule has 2 N–H and O–H groups in total. The smallest absolute Gasteiger partial charge is 0.232 e. The van der Waals surface area contributed by atoms with Crippen molar-refractivity contribution < 1.29 is 14.6 Å². The molecule has 3 aromatic rings. The Kier molecular flexibility index (Phi) is 4.96. The SMILES string of the molecule is COc1cc(-c2ccc(-c3cnc(OC4CC5CNCC5C4)cn3)c(O)c2)ccn1. The van der Waals surface area contributed by atoms with Crippen LogP contribution in [0.4, 0.5) is 0 Å². The molecule has 2 unspecified atom stereocenters. The third kappa shape index (κ3) is 3.68. The number of hydrogen-bond donors (Lipinski definition) is 2. The van der Waals surface area contributed by atoms with Gasteiger partial charge in [0, 0.05) is 17.8 Å². The molecule has 1 aliphatic heterocycles. The van der Waals surface area contributed by atoms with E-state index < -0.39 is 0 Å². The molecule has 0 amide bonds. The molecule has 5 rings (SSSR count). The molecule has 0 radical (unpaired) electrons. The minimum Gasteiger partial charge on any atom is -0.507 e. The summed E-state index contributed by atoms with van der Waals surface area (Å²) in [5, 5.41) is 14.0. The molecule has 7 heteroatoms. The normalized spacial score (nSPS) is 22.6. The second-order valence-electron chi connectivity index (χ2n) is 7.95. The van der Waals surface area contributed by atoms with Crippen molar-refractivity contribution in [2.75, 3.05) is 20.2 Å². The standard InChI is InChI=1S/C23H24N4O3/c1-29-22-9-15(4-5-25-22)14-2-3-19(21(28)8-14)20-12-27-23(13-26-20)30-18-6-16-10-24-11-17(16)7-18/h2-5,8-9,12-13,16-18,24,28H,6-7,10-11H2,1H3. The van der Waals surface area contributed by atoms with Crippen molar-refractivity contribution in [1.82, 2.24) is 20.3 Å². The number of rotatable bonds is 5. The number of phenols is 1. The van der Waals surface area contributed by atoms with Gasteiger partial charge in [0.05, 0.1) is 25.2 Å². The summed E-state index contributed by atoms with van der Waals surface area (Å²) in [7, 11) is 1.58. The van der Waals surface area contributed by atoms with Crippen LogP contribution < -0.4 is 14.8 Å². The van der Waals surface area contributed by atoms with Crippen molar-refractivity contribution in [3.8, 4) is 39.9 Å². The first-order valence-corrected chi connectivity index (χ1v) is 10.2.